The Hall–Kier alpha value is -1.74. The summed E-state index contributed by atoms with van der Waals surface area (Å²) in [5.74, 6) is -1.68. The van der Waals surface area contributed by atoms with Crippen molar-refractivity contribution in [3.05, 3.63) is 69.8 Å². The summed E-state index contributed by atoms with van der Waals surface area (Å²) < 4.78 is 27.6. The normalized spacial score (nSPS) is 12.5. The number of hydrogen-bond acceptors (Lipinski definition) is 1. The molecule has 0 bridgehead atoms. The summed E-state index contributed by atoms with van der Waals surface area (Å²) in [6, 6.07) is 8.22. The first-order valence-corrected chi connectivity index (χ1v) is 6.19. The predicted molar refractivity (Wildman–Crippen MR) is 73.0 cm³/mol. The summed E-state index contributed by atoms with van der Waals surface area (Å²) in [6.45, 7) is 5.43. The maximum absolute atomic E-state index is 14.0. The van der Waals surface area contributed by atoms with Crippen molar-refractivity contribution in [1.29, 1.82) is 0 Å². The standard InChI is InChI=1S/C16H17F2N/c1-9-4-6-12(11(3)8-9)16(19)13-7-5-10(2)14(17)15(13)18/h4-8,16H,19H2,1-3H3. The monoisotopic (exact) mass is 261 g/mol. The molecular formula is C16H17F2N. The predicted octanol–water partition coefficient (Wildman–Crippen LogP) is 3.94. The van der Waals surface area contributed by atoms with E-state index >= 15 is 0 Å². The fourth-order valence-corrected chi connectivity index (χ4v) is 2.24. The van der Waals surface area contributed by atoms with Gasteiger partial charge in [-0.3, -0.25) is 0 Å². The van der Waals surface area contributed by atoms with Gasteiger partial charge >= 0.3 is 0 Å². The van der Waals surface area contributed by atoms with Crippen molar-refractivity contribution >= 4 is 0 Å². The molecule has 0 amide bonds. The van der Waals surface area contributed by atoms with E-state index in [0.717, 1.165) is 16.7 Å². The summed E-state index contributed by atoms with van der Waals surface area (Å²) in [7, 11) is 0. The molecular weight excluding hydrogens is 244 g/mol. The van der Waals surface area contributed by atoms with Gasteiger partial charge in [-0.05, 0) is 37.5 Å². The number of rotatable bonds is 2. The van der Waals surface area contributed by atoms with Crippen LogP contribution in [0.1, 0.15) is 33.9 Å². The zero-order valence-corrected chi connectivity index (χ0v) is 11.3. The molecule has 100 valence electrons. The van der Waals surface area contributed by atoms with Crippen LogP contribution in [0.5, 0.6) is 0 Å². The van der Waals surface area contributed by atoms with Crippen LogP contribution in [0, 0.1) is 32.4 Å². The van der Waals surface area contributed by atoms with Crippen LogP contribution in [0.4, 0.5) is 8.78 Å². The van der Waals surface area contributed by atoms with Crippen LogP contribution in [0.25, 0.3) is 0 Å². The van der Waals surface area contributed by atoms with Gasteiger partial charge in [-0.25, -0.2) is 8.78 Å². The highest BCUT2D eigenvalue weighted by Crippen LogP contribution is 2.27. The summed E-state index contributed by atoms with van der Waals surface area (Å²) in [5, 5.41) is 0. The number of nitrogens with two attached hydrogens (primary N) is 1. The van der Waals surface area contributed by atoms with Gasteiger partial charge in [0, 0.05) is 5.56 Å². The first-order valence-electron chi connectivity index (χ1n) is 6.19. The van der Waals surface area contributed by atoms with Crippen molar-refractivity contribution in [2.24, 2.45) is 5.73 Å². The largest absolute Gasteiger partial charge is 0.320 e. The third kappa shape index (κ3) is 2.51. The van der Waals surface area contributed by atoms with E-state index in [1.54, 1.807) is 12.1 Å². The van der Waals surface area contributed by atoms with Crippen LogP contribution in [0.15, 0.2) is 30.3 Å². The Balaban J connectivity index is 2.50. The molecule has 0 aromatic heterocycles. The van der Waals surface area contributed by atoms with Crippen LogP contribution in [-0.4, -0.2) is 0 Å². The van der Waals surface area contributed by atoms with E-state index in [4.69, 9.17) is 5.73 Å². The molecule has 0 aliphatic rings. The quantitative estimate of drug-likeness (QED) is 0.870. The number of aryl methyl sites for hydroxylation is 3. The second-order valence-corrected chi connectivity index (χ2v) is 4.94. The van der Waals surface area contributed by atoms with E-state index in [2.05, 4.69) is 0 Å². The maximum Gasteiger partial charge on any atom is 0.164 e. The lowest BCUT2D eigenvalue weighted by Gasteiger charge is -2.17. The third-order valence-corrected chi connectivity index (χ3v) is 3.40. The van der Waals surface area contributed by atoms with Crippen molar-refractivity contribution in [2.75, 3.05) is 0 Å². The molecule has 0 aliphatic carbocycles. The van der Waals surface area contributed by atoms with E-state index in [-0.39, 0.29) is 11.1 Å². The number of benzene rings is 2. The fraction of sp³-hybridized carbons (Fsp3) is 0.250. The summed E-state index contributed by atoms with van der Waals surface area (Å²) >= 11 is 0. The molecule has 2 N–H and O–H groups in total. The molecule has 1 atom stereocenters. The van der Waals surface area contributed by atoms with Gasteiger partial charge < -0.3 is 5.73 Å². The highest BCUT2D eigenvalue weighted by Gasteiger charge is 2.19. The second kappa shape index (κ2) is 5.10. The lowest BCUT2D eigenvalue weighted by Crippen LogP contribution is -2.16. The average Bonchev–Trinajstić information content (AvgIpc) is 2.35. The average molecular weight is 261 g/mol. The fourth-order valence-electron chi connectivity index (χ4n) is 2.24. The first kappa shape index (κ1) is 13.7. The Labute approximate surface area is 112 Å². The van der Waals surface area contributed by atoms with E-state index in [1.165, 1.54) is 6.92 Å². The molecule has 1 unspecified atom stereocenters. The Bertz CT molecular complexity index is 620. The van der Waals surface area contributed by atoms with E-state index in [1.807, 2.05) is 32.0 Å². The van der Waals surface area contributed by atoms with Crippen molar-refractivity contribution in [3.8, 4) is 0 Å². The van der Waals surface area contributed by atoms with Crippen LogP contribution in [-0.2, 0) is 0 Å². The van der Waals surface area contributed by atoms with Gasteiger partial charge in [-0.2, -0.15) is 0 Å². The lowest BCUT2D eigenvalue weighted by molar-refractivity contribution is 0.489. The highest BCUT2D eigenvalue weighted by atomic mass is 19.2. The molecule has 0 fully saturated rings. The minimum atomic E-state index is -0.854. The van der Waals surface area contributed by atoms with Gasteiger partial charge in [0.1, 0.15) is 0 Å². The SMILES string of the molecule is Cc1ccc(C(N)c2ccc(C)c(F)c2F)c(C)c1. The molecule has 0 saturated heterocycles. The molecule has 2 aromatic rings. The molecule has 2 aromatic carbocycles. The van der Waals surface area contributed by atoms with Gasteiger partial charge in [0.05, 0.1) is 6.04 Å². The highest BCUT2D eigenvalue weighted by molar-refractivity contribution is 5.40. The van der Waals surface area contributed by atoms with E-state index in [0.29, 0.717) is 0 Å². The molecule has 1 nitrogen and oxygen atoms in total. The van der Waals surface area contributed by atoms with Crippen LogP contribution >= 0.6 is 0 Å². The summed E-state index contributed by atoms with van der Waals surface area (Å²) in [6.07, 6.45) is 0. The number of halogens is 2. The van der Waals surface area contributed by atoms with E-state index < -0.39 is 17.7 Å². The van der Waals surface area contributed by atoms with Gasteiger partial charge in [0.2, 0.25) is 0 Å². The minimum Gasteiger partial charge on any atom is -0.320 e. The van der Waals surface area contributed by atoms with Crippen molar-refractivity contribution in [3.63, 3.8) is 0 Å². The van der Waals surface area contributed by atoms with Gasteiger partial charge in [-0.15, -0.1) is 0 Å². The Kier molecular flexibility index (Phi) is 3.67. The van der Waals surface area contributed by atoms with Gasteiger partial charge in [0.15, 0.2) is 11.6 Å². The molecule has 0 heterocycles. The minimum absolute atomic E-state index is 0.190. The van der Waals surface area contributed by atoms with Crippen LogP contribution in [0.3, 0.4) is 0 Å². The molecule has 2 rings (SSSR count). The molecule has 0 aliphatic heterocycles. The smallest absolute Gasteiger partial charge is 0.164 e. The summed E-state index contributed by atoms with van der Waals surface area (Å²) in [4.78, 5) is 0. The van der Waals surface area contributed by atoms with Gasteiger partial charge in [0.25, 0.3) is 0 Å². The maximum atomic E-state index is 14.0. The van der Waals surface area contributed by atoms with Crippen LogP contribution in [0.2, 0.25) is 0 Å². The lowest BCUT2D eigenvalue weighted by atomic mass is 9.93. The summed E-state index contributed by atoms with van der Waals surface area (Å²) in [5.41, 5.74) is 9.46. The van der Waals surface area contributed by atoms with E-state index in [9.17, 15) is 8.78 Å². The number of hydrogen-bond donors (Lipinski definition) is 1. The molecule has 19 heavy (non-hydrogen) atoms. The molecule has 3 heteroatoms. The zero-order valence-electron chi connectivity index (χ0n) is 11.3. The molecule has 0 radical (unpaired) electrons. The van der Waals surface area contributed by atoms with Crippen molar-refractivity contribution in [1.82, 2.24) is 0 Å². The third-order valence-electron chi connectivity index (χ3n) is 3.40. The topological polar surface area (TPSA) is 26.0 Å². The Morgan fingerprint density at radius 2 is 1.47 bits per heavy atom. The van der Waals surface area contributed by atoms with Crippen molar-refractivity contribution in [2.45, 2.75) is 26.8 Å². The Morgan fingerprint density at radius 1 is 0.842 bits per heavy atom. The molecule has 0 spiro atoms. The molecule has 0 saturated carbocycles. The first-order chi connectivity index (χ1) is 8.91. The van der Waals surface area contributed by atoms with Gasteiger partial charge in [-0.1, -0.05) is 35.9 Å². The van der Waals surface area contributed by atoms with Crippen LogP contribution < -0.4 is 5.73 Å². The Morgan fingerprint density at radius 3 is 2.11 bits per heavy atom. The zero-order chi connectivity index (χ0) is 14.2. The van der Waals surface area contributed by atoms with Crippen molar-refractivity contribution < 1.29 is 8.78 Å². The second-order valence-electron chi connectivity index (χ2n) is 4.94.